The molecule has 0 N–H and O–H groups in total. The van der Waals surface area contributed by atoms with Crippen molar-refractivity contribution in [2.24, 2.45) is 0 Å². The zero-order valence-corrected chi connectivity index (χ0v) is 16.5. The third kappa shape index (κ3) is 4.44. The zero-order valence-electron chi connectivity index (χ0n) is 16.5. The van der Waals surface area contributed by atoms with Crippen LogP contribution in [-0.2, 0) is 11.3 Å². The van der Waals surface area contributed by atoms with Crippen molar-refractivity contribution in [2.45, 2.75) is 26.0 Å². The van der Waals surface area contributed by atoms with E-state index in [1.165, 1.54) is 5.56 Å². The standard InChI is InChI=1S/C22H28N4O2/c1-18-16-24(17-19-6-2-3-7-20(19)28-18)11-9-22(27)26-14-12-25(13-15-26)21-8-4-5-10-23-21/h2-8,10,18H,9,11-17H2,1H3. The first-order valence-corrected chi connectivity index (χ1v) is 10.1. The quantitative estimate of drug-likeness (QED) is 0.815. The summed E-state index contributed by atoms with van der Waals surface area (Å²) >= 11 is 0. The van der Waals surface area contributed by atoms with Gasteiger partial charge >= 0.3 is 0 Å². The molecule has 148 valence electrons. The Morgan fingerprint density at radius 2 is 1.89 bits per heavy atom. The van der Waals surface area contributed by atoms with Crippen LogP contribution in [0.5, 0.6) is 5.75 Å². The van der Waals surface area contributed by atoms with Crippen LogP contribution in [0, 0.1) is 0 Å². The average molecular weight is 380 g/mol. The molecule has 0 bridgehead atoms. The van der Waals surface area contributed by atoms with E-state index in [1.54, 1.807) is 0 Å². The number of fused-ring (bicyclic) bond motifs is 1. The number of piperazine rings is 1. The first kappa shape index (κ1) is 18.7. The van der Waals surface area contributed by atoms with Gasteiger partial charge in [-0.25, -0.2) is 4.98 Å². The highest BCUT2D eigenvalue weighted by atomic mass is 16.5. The largest absolute Gasteiger partial charge is 0.489 e. The number of ether oxygens (including phenoxy) is 1. The van der Waals surface area contributed by atoms with Gasteiger partial charge in [0.1, 0.15) is 17.7 Å². The molecule has 2 aliphatic rings. The molecule has 1 fully saturated rings. The molecule has 1 amide bonds. The molecular weight excluding hydrogens is 352 g/mol. The van der Waals surface area contributed by atoms with E-state index in [0.29, 0.717) is 6.42 Å². The minimum atomic E-state index is 0.126. The zero-order chi connectivity index (χ0) is 19.3. The van der Waals surface area contributed by atoms with E-state index in [9.17, 15) is 4.79 Å². The summed E-state index contributed by atoms with van der Waals surface area (Å²) in [5.74, 6) is 2.20. The Morgan fingerprint density at radius 1 is 1.11 bits per heavy atom. The van der Waals surface area contributed by atoms with Gasteiger partial charge in [-0.15, -0.1) is 0 Å². The van der Waals surface area contributed by atoms with E-state index in [1.807, 2.05) is 47.5 Å². The summed E-state index contributed by atoms with van der Waals surface area (Å²) in [6.45, 7) is 7.73. The Labute approximate surface area is 166 Å². The van der Waals surface area contributed by atoms with Gasteiger partial charge in [-0.2, -0.15) is 0 Å². The Kier molecular flexibility index (Phi) is 5.76. The van der Waals surface area contributed by atoms with Gasteiger partial charge in [0.25, 0.3) is 0 Å². The number of pyridine rings is 1. The molecule has 0 saturated carbocycles. The van der Waals surface area contributed by atoms with Gasteiger partial charge in [0.2, 0.25) is 5.91 Å². The average Bonchev–Trinajstić information content (AvgIpc) is 2.90. The summed E-state index contributed by atoms with van der Waals surface area (Å²) in [6.07, 6.45) is 2.50. The van der Waals surface area contributed by atoms with E-state index in [-0.39, 0.29) is 12.0 Å². The maximum Gasteiger partial charge on any atom is 0.223 e. The topological polar surface area (TPSA) is 48.9 Å². The molecule has 3 heterocycles. The van der Waals surface area contributed by atoms with E-state index in [0.717, 1.165) is 57.4 Å². The summed E-state index contributed by atoms with van der Waals surface area (Å²) in [5.41, 5.74) is 1.20. The van der Waals surface area contributed by atoms with Gasteiger partial charge in [-0.1, -0.05) is 24.3 Å². The number of carbonyl (C=O) groups excluding carboxylic acids is 1. The van der Waals surface area contributed by atoms with Crippen molar-refractivity contribution in [1.29, 1.82) is 0 Å². The molecule has 1 unspecified atom stereocenters. The summed E-state index contributed by atoms with van der Waals surface area (Å²) in [4.78, 5) is 23.7. The molecule has 1 atom stereocenters. The number of benzene rings is 1. The van der Waals surface area contributed by atoms with Gasteiger partial charge in [0, 0.05) is 64.0 Å². The normalized spacial score (nSPS) is 20.2. The molecule has 0 spiro atoms. The predicted octanol–water partition coefficient (Wildman–Crippen LogP) is 2.40. The van der Waals surface area contributed by atoms with Crippen molar-refractivity contribution in [2.75, 3.05) is 44.2 Å². The van der Waals surface area contributed by atoms with Gasteiger partial charge < -0.3 is 14.5 Å². The molecule has 6 nitrogen and oxygen atoms in total. The number of para-hydroxylation sites is 1. The minimum Gasteiger partial charge on any atom is -0.489 e. The van der Waals surface area contributed by atoms with E-state index >= 15 is 0 Å². The van der Waals surface area contributed by atoms with E-state index in [4.69, 9.17) is 4.74 Å². The molecular formula is C22H28N4O2. The maximum absolute atomic E-state index is 12.7. The van der Waals surface area contributed by atoms with Gasteiger partial charge in [0.15, 0.2) is 0 Å². The molecule has 0 aliphatic carbocycles. The van der Waals surface area contributed by atoms with Crippen LogP contribution in [0.4, 0.5) is 5.82 Å². The first-order valence-electron chi connectivity index (χ1n) is 10.1. The second-order valence-electron chi connectivity index (χ2n) is 7.58. The number of rotatable bonds is 4. The predicted molar refractivity (Wildman–Crippen MR) is 109 cm³/mol. The fourth-order valence-electron chi connectivity index (χ4n) is 3.98. The molecule has 1 saturated heterocycles. The number of amides is 1. The number of anilines is 1. The maximum atomic E-state index is 12.7. The monoisotopic (exact) mass is 380 g/mol. The molecule has 2 aliphatic heterocycles. The van der Waals surface area contributed by atoms with Crippen molar-refractivity contribution >= 4 is 11.7 Å². The number of hydrogen-bond donors (Lipinski definition) is 0. The van der Waals surface area contributed by atoms with Crippen LogP contribution in [0.25, 0.3) is 0 Å². The summed E-state index contributed by atoms with van der Waals surface area (Å²) in [7, 11) is 0. The SMILES string of the molecule is CC1CN(CCC(=O)N2CCN(c3ccccn3)CC2)Cc2ccccc2O1. The second kappa shape index (κ2) is 8.61. The molecule has 0 radical (unpaired) electrons. The lowest BCUT2D eigenvalue weighted by Gasteiger charge is -2.35. The Balaban J connectivity index is 1.28. The smallest absolute Gasteiger partial charge is 0.223 e. The lowest BCUT2D eigenvalue weighted by molar-refractivity contribution is -0.131. The Morgan fingerprint density at radius 3 is 2.68 bits per heavy atom. The number of nitrogens with zero attached hydrogens (tertiary/aromatic N) is 4. The van der Waals surface area contributed by atoms with E-state index < -0.39 is 0 Å². The lowest BCUT2D eigenvalue weighted by atomic mass is 10.2. The Hall–Kier alpha value is -2.60. The highest BCUT2D eigenvalue weighted by Crippen LogP contribution is 2.24. The number of hydrogen-bond acceptors (Lipinski definition) is 5. The third-order valence-corrected chi connectivity index (χ3v) is 5.46. The van der Waals surface area contributed by atoms with Gasteiger partial charge in [0.05, 0.1) is 0 Å². The molecule has 6 heteroatoms. The highest BCUT2D eigenvalue weighted by Gasteiger charge is 2.24. The Bertz CT molecular complexity index is 790. The molecule has 1 aromatic carbocycles. The lowest BCUT2D eigenvalue weighted by Crippen LogP contribution is -2.49. The summed E-state index contributed by atoms with van der Waals surface area (Å²) in [5, 5.41) is 0. The van der Waals surface area contributed by atoms with Crippen LogP contribution in [0.1, 0.15) is 18.9 Å². The molecule has 2 aromatic rings. The van der Waals surface area contributed by atoms with Crippen LogP contribution in [0.3, 0.4) is 0 Å². The summed E-state index contributed by atoms with van der Waals surface area (Å²) < 4.78 is 6.02. The van der Waals surface area contributed by atoms with Crippen molar-refractivity contribution in [3.63, 3.8) is 0 Å². The van der Waals surface area contributed by atoms with Crippen LogP contribution >= 0.6 is 0 Å². The minimum absolute atomic E-state index is 0.126. The van der Waals surface area contributed by atoms with Crippen molar-refractivity contribution in [1.82, 2.24) is 14.8 Å². The molecule has 28 heavy (non-hydrogen) atoms. The van der Waals surface area contributed by atoms with Gasteiger partial charge in [-0.05, 0) is 25.1 Å². The third-order valence-electron chi connectivity index (χ3n) is 5.46. The first-order chi connectivity index (χ1) is 13.7. The fourth-order valence-corrected chi connectivity index (χ4v) is 3.98. The van der Waals surface area contributed by atoms with Crippen LogP contribution in [-0.4, -0.2) is 66.1 Å². The second-order valence-corrected chi connectivity index (χ2v) is 7.58. The van der Waals surface area contributed by atoms with Gasteiger partial charge in [-0.3, -0.25) is 9.69 Å². The number of aromatic nitrogens is 1. The van der Waals surface area contributed by atoms with Crippen molar-refractivity contribution in [3.8, 4) is 5.75 Å². The summed E-state index contributed by atoms with van der Waals surface area (Å²) in [6, 6.07) is 14.1. The fraction of sp³-hybridized carbons (Fsp3) is 0.455. The van der Waals surface area contributed by atoms with Crippen LogP contribution in [0.2, 0.25) is 0 Å². The highest BCUT2D eigenvalue weighted by molar-refractivity contribution is 5.76. The molecule has 1 aromatic heterocycles. The number of carbonyl (C=O) groups is 1. The van der Waals surface area contributed by atoms with Crippen LogP contribution in [0.15, 0.2) is 48.7 Å². The van der Waals surface area contributed by atoms with E-state index in [2.05, 4.69) is 27.8 Å². The van der Waals surface area contributed by atoms with Crippen molar-refractivity contribution in [3.05, 3.63) is 54.2 Å². The molecule has 4 rings (SSSR count). The van der Waals surface area contributed by atoms with Crippen molar-refractivity contribution < 1.29 is 9.53 Å². The van der Waals surface area contributed by atoms with Crippen LogP contribution < -0.4 is 9.64 Å².